The first kappa shape index (κ1) is 24.2. The number of benzene rings is 1. The molecule has 2 atom stereocenters. The standard InChI is InChI=1S/C22H31N3O6/c1-14(2)17-13-31-18-9-6-5-8-15(18)21(29)25-16(12-20(27)28)22(30)23-11-7-3-4-10-19(26)24-17/h5-6,8-9,14,16-17H,3-4,7,10-13H2,1-2H3,(H,23,30)(H,24,26)(H,25,29)(H,27,28)/t16-,17+/m0/s1. The number of nitrogens with one attached hydrogen (secondary N) is 3. The van der Waals surface area contributed by atoms with E-state index in [1.54, 1.807) is 18.2 Å². The van der Waals surface area contributed by atoms with Crippen molar-refractivity contribution in [2.24, 2.45) is 5.92 Å². The molecule has 1 aliphatic rings. The summed E-state index contributed by atoms with van der Waals surface area (Å²) in [6, 6.07) is 5.08. The van der Waals surface area contributed by atoms with Gasteiger partial charge in [-0.2, -0.15) is 0 Å². The topological polar surface area (TPSA) is 134 Å². The molecule has 1 aromatic rings. The number of amides is 3. The van der Waals surface area contributed by atoms with Gasteiger partial charge in [0.15, 0.2) is 0 Å². The van der Waals surface area contributed by atoms with Gasteiger partial charge in [0.2, 0.25) is 11.8 Å². The number of carbonyl (C=O) groups excluding carboxylic acids is 3. The molecular weight excluding hydrogens is 402 g/mol. The van der Waals surface area contributed by atoms with Gasteiger partial charge in [0.25, 0.3) is 5.91 Å². The minimum absolute atomic E-state index is 0.0665. The summed E-state index contributed by atoms with van der Waals surface area (Å²) in [6.07, 6.45) is 1.89. The van der Waals surface area contributed by atoms with Crippen LogP contribution >= 0.6 is 0 Å². The molecule has 170 valence electrons. The Labute approximate surface area is 181 Å². The molecule has 0 bridgehead atoms. The molecule has 0 saturated carbocycles. The SMILES string of the molecule is CC(C)[C@H]1COc2ccccc2C(=O)N[C@@H](CC(=O)O)C(=O)NCCCCCC(=O)N1. The zero-order chi connectivity index (χ0) is 22.8. The third-order valence-corrected chi connectivity index (χ3v) is 5.08. The van der Waals surface area contributed by atoms with Gasteiger partial charge in [-0.1, -0.05) is 32.4 Å². The fourth-order valence-corrected chi connectivity index (χ4v) is 3.18. The number of para-hydroxylation sites is 1. The first-order valence-electron chi connectivity index (χ1n) is 10.6. The number of ether oxygens (including phenoxy) is 1. The summed E-state index contributed by atoms with van der Waals surface area (Å²) in [5.41, 5.74) is 0.184. The highest BCUT2D eigenvalue weighted by molar-refractivity contribution is 6.00. The molecule has 1 aromatic carbocycles. The number of hydrogen-bond acceptors (Lipinski definition) is 5. The Morgan fingerprint density at radius 3 is 2.58 bits per heavy atom. The lowest BCUT2D eigenvalue weighted by Gasteiger charge is -2.23. The second kappa shape index (κ2) is 11.9. The number of carbonyl (C=O) groups is 4. The Morgan fingerprint density at radius 2 is 1.87 bits per heavy atom. The van der Waals surface area contributed by atoms with Crippen molar-refractivity contribution in [3.8, 4) is 5.75 Å². The Morgan fingerprint density at radius 1 is 1.13 bits per heavy atom. The number of carboxylic acid groups (broad SMARTS) is 1. The Kier molecular flexibility index (Phi) is 9.30. The van der Waals surface area contributed by atoms with E-state index in [0.29, 0.717) is 31.6 Å². The lowest BCUT2D eigenvalue weighted by molar-refractivity contribution is -0.139. The monoisotopic (exact) mass is 433 g/mol. The van der Waals surface area contributed by atoms with E-state index in [-0.39, 0.29) is 30.0 Å². The summed E-state index contributed by atoms with van der Waals surface area (Å²) in [7, 11) is 0. The average molecular weight is 434 g/mol. The van der Waals surface area contributed by atoms with E-state index in [4.69, 9.17) is 9.84 Å². The van der Waals surface area contributed by atoms with E-state index in [9.17, 15) is 19.2 Å². The molecule has 0 fully saturated rings. The first-order valence-corrected chi connectivity index (χ1v) is 10.6. The van der Waals surface area contributed by atoms with Crippen molar-refractivity contribution < 1.29 is 29.0 Å². The van der Waals surface area contributed by atoms with Crippen molar-refractivity contribution in [2.45, 2.75) is 58.0 Å². The van der Waals surface area contributed by atoms with Gasteiger partial charge in [-0.15, -0.1) is 0 Å². The van der Waals surface area contributed by atoms with Crippen LogP contribution in [-0.4, -0.2) is 54.0 Å². The zero-order valence-electron chi connectivity index (χ0n) is 18.0. The third kappa shape index (κ3) is 7.92. The maximum atomic E-state index is 12.8. The minimum atomic E-state index is -1.21. The molecule has 1 heterocycles. The number of hydrogen-bond donors (Lipinski definition) is 4. The lowest BCUT2D eigenvalue weighted by Crippen LogP contribution is -2.48. The highest BCUT2D eigenvalue weighted by Gasteiger charge is 2.26. The zero-order valence-corrected chi connectivity index (χ0v) is 18.0. The lowest BCUT2D eigenvalue weighted by atomic mass is 10.0. The molecule has 0 aliphatic carbocycles. The van der Waals surface area contributed by atoms with Gasteiger partial charge >= 0.3 is 5.97 Å². The van der Waals surface area contributed by atoms with Gasteiger partial charge in [-0.05, 0) is 30.9 Å². The van der Waals surface area contributed by atoms with E-state index in [1.807, 2.05) is 13.8 Å². The molecule has 0 saturated heterocycles. The van der Waals surface area contributed by atoms with Crippen molar-refractivity contribution in [1.82, 2.24) is 16.0 Å². The van der Waals surface area contributed by atoms with Crippen LogP contribution in [0.5, 0.6) is 5.75 Å². The Bertz CT molecular complexity index is 795. The molecule has 9 heteroatoms. The van der Waals surface area contributed by atoms with Crippen molar-refractivity contribution >= 4 is 23.7 Å². The Hall–Kier alpha value is -3.10. The van der Waals surface area contributed by atoms with Crippen LogP contribution in [-0.2, 0) is 14.4 Å². The van der Waals surface area contributed by atoms with E-state index < -0.39 is 30.2 Å². The summed E-state index contributed by atoms with van der Waals surface area (Å²) >= 11 is 0. The van der Waals surface area contributed by atoms with Gasteiger partial charge in [0.05, 0.1) is 18.0 Å². The average Bonchev–Trinajstić information content (AvgIpc) is 2.72. The normalized spacial score (nSPS) is 21.7. The second-order valence-corrected chi connectivity index (χ2v) is 7.95. The van der Waals surface area contributed by atoms with Gasteiger partial charge in [-0.25, -0.2) is 0 Å². The fourth-order valence-electron chi connectivity index (χ4n) is 3.18. The number of aliphatic carboxylic acids is 1. The molecule has 9 nitrogen and oxygen atoms in total. The van der Waals surface area contributed by atoms with Crippen LogP contribution in [0.4, 0.5) is 0 Å². The van der Waals surface area contributed by atoms with Crippen LogP contribution in [0.3, 0.4) is 0 Å². The van der Waals surface area contributed by atoms with E-state index in [0.717, 1.165) is 6.42 Å². The van der Waals surface area contributed by atoms with Gasteiger partial charge < -0.3 is 25.8 Å². The molecule has 1 aliphatic heterocycles. The van der Waals surface area contributed by atoms with Crippen LogP contribution in [0.2, 0.25) is 0 Å². The summed E-state index contributed by atoms with van der Waals surface area (Å²) in [4.78, 5) is 48.7. The molecule has 0 radical (unpaired) electrons. The highest BCUT2D eigenvalue weighted by Crippen LogP contribution is 2.19. The number of fused-ring (bicyclic) bond motifs is 1. The van der Waals surface area contributed by atoms with Crippen molar-refractivity contribution in [3.05, 3.63) is 29.8 Å². The third-order valence-electron chi connectivity index (χ3n) is 5.08. The second-order valence-electron chi connectivity index (χ2n) is 7.95. The number of carboxylic acids is 1. The van der Waals surface area contributed by atoms with Crippen LogP contribution < -0.4 is 20.7 Å². The van der Waals surface area contributed by atoms with Crippen LogP contribution in [0.25, 0.3) is 0 Å². The van der Waals surface area contributed by atoms with E-state index in [2.05, 4.69) is 16.0 Å². The van der Waals surface area contributed by atoms with Crippen molar-refractivity contribution in [3.63, 3.8) is 0 Å². The van der Waals surface area contributed by atoms with Crippen molar-refractivity contribution in [1.29, 1.82) is 0 Å². The smallest absolute Gasteiger partial charge is 0.305 e. The maximum Gasteiger partial charge on any atom is 0.305 e. The molecule has 0 unspecified atom stereocenters. The molecule has 31 heavy (non-hydrogen) atoms. The predicted molar refractivity (Wildman–Crippen MR) is 114 cm³/mol. The fraction of sp³-hybridized carbons (Fsp3) is 0.545. The first-order chi connectivity index (χ1) is 14.8. The molecule has 0 aromatic heterocycles. The van der Waals surface area contributed by atoms with E-state index in [1.165, 1.54) is 6.07 Å². The molecular formula is C22H31N3O6. The van der Waals surface area contributed by atoms with Crippen LogP contribution in [0.1, 0.15) is 56.3 Å². The largest absolute Gasteiger partial charge is 0.491 e. The van der Waals surface area contributed by atoms with Crippen LogP contribution in [0.15, 0.2) is 24.3 Å². The quantitative estimate of drug-likeness (QED) is 0.570. The summed E-state index contributed by atoms with van der Waals surface area (Å²) < 4.78 is 5.86. The van der Waals surface area contributed by atoms with Gasteiger partial charge in [-0.3, -0.25) is 19.2 Å². The molecule has 2 rings (SSSR count). The minimum Gasteiger partial charge on any atom is -0.491 e. The van der Waals surface area contributed by atoms with Crippen molar-refractivity contribution in [2.75, 3.05) is 13.2 Å². The van der Waals surface area contributed by atoms with Gasteiger partial charge in [0, 0.05) is 13.0 Å². The maximum absolute atomic E-state index is 12.8. The van der Waals surface area contributed by atoms with Crippen LogP contribution in [0, 0.1) is 5.92 Å². The molecule has 4 N–H and O–H groups in total. The Balaban J connectivity index is 2.27. The molecule has 3 amide bonds. The van der Waals surface area contributed by atoms with E-state index >= 15 is 0 Å². The summed E-state index contributed by atoms with van der Waals surface area (Å²) in [5, 5.41) is 17.3. The predicted octanol–water partition coefficient (Wildman–Crippen LogP) is 1.47. The summed E-state index contributed by atoms with van der Waals surface area (Å²) in [5.74, 6) is -2.02. The number of rotatable bonds is 3. The highest BCUT2D eigenvalue weighted by atomic mass is 16.5. The molecule has 0 spiro atoms. The van der Waals surface area contributed by atoms with Gasteiger partial charge in [0.1, 0.15) is 18.4 Å². The summed E-state index contributed by atoms with van der Waals surface area (Å²) in [6.45, 7) is 4.46.